The summed E-state index contributed by atoms with van der Waals surface area (Å²) in [6.07, 6.45) is 1.69. The summed E-state index contributed by atoms with van der Waals surface area (Å²) < 4.78 is 12.9. The number of carbonyl (C=O) groups excluding carboxylic acids is 1. The van der Waals surface area contributed by atoms with E-state index in [1.54, 1.807) is 6.20 Å². The van der Waals surface area contributed by atoms with Crippen LogP contribution in [0.5, 0.6) is 0 Å². The molecule has 1 aromatic carbocycles. The van der Waals surface area contributed by atoms with Crippen molar-refractivity contribution in [2.75, 3.05) is 13.2 Å². The Morgan fingerprint density at radius 3 is 2.64 bits per heavy atom. The number of carbonyl (C=O) groups is 1. The largest absolute Gasteiger partial charge is 0.342 e. The highest BCUT2D eigenvalue weighted by atomic mass is 35.5. The van der Waals surface area contributed by atoms with Gasteiger partial charge in [0.15, 0.2) is 5.78 Å². The van der Waals surface area contributed by atoms with Crippen LogP contribution in [-0.4, -0.2) is 39.8 Å². The van der Waals surface area contributed by atoms with Crippen molar-refractivity contribution < 1.29 is 14.3 Å². The summed E-state index contributed by atoms with van der Waals surface area (Å²) in [7, 11) is 0. The normalized spacial score (nSPS) is 20.3. The molecule has 0 atom stereocenters. The highest BCUT2D eigenvalue weighted by Crippen LogP contribution is 2.45. The predicted molar refractivity (Wildman–Crippen MR) is 78.8 cm³/mol. The molecular weight excluding hydrogens is 306 g/mol. The number of hydrogen-bond acceptors (Lipinski definition) is 5. The molecule has 1 saturated heterocycles. The van der Waals surface area contributed by atoms with Gasteiger partial charge in [0.1, 0.15) is 10.7 Å². The van der Waals surface area contributed by atoms with Gasteiger partial charge in [0, 0.05) is 5.56 Å². The second-order valence-electron chi connectivity index (χ2n) is 5.11. The molecule has 0 radical (unpaired) electrons. The van der Waals surface area contributed by atoms with Crippen LogP contribution in [0, 0.1) is 0 Å². The Morgan fingerprint density at radius 2 is 1.91 bits per heavy atom. The first-order valence-electron chi connectivity index (χ1n) is 6.89. The van der Waals surface area contributed by atoms with Crippen LogP contribution >= 0.6 is 11.6 Å². The number of nitrogens with zero attached hydrogens (tertiary/aromatic N) is 3. The first-order chi connectivity index (χ1) is 10.7. The van der Waals surface area contributed by atoms with Crippen molar-refractivity contribution in [3.63, 3.8) is 0 Å². The number of hydrogen-bond donors (Lipinski definition) is 0. The van der Waals surface area contributed by atoms with Crippen LogP contribution in [0.1, 0.15) is 6.42 Å². The molecule has 2 aromatic rings. The van der Waals surface area contributed by atoms with Gasteiger partial charge in [-0.2, -0.15) is 0 Å². The van der Waals surface area contributed by atoms with Crippen molar-refractivity contribution >= 4 is 23.1 Å². The number of Topliss-reactive ketones (excluding diaryl/α,β-unsaturated/α-hetero) is 1. The zero-order valence-corrected chi connectivity index (χ0v) is 12.3. The SMILES string of the molecule is O=C1CC2(OCCO2)C(n2nncc2-c2ccccc2)=C1Cl. The summed E-state index contributed by atoms with van der Waals surface area (Å²) in [5, 5.41) is 8.13. The molecule has 0 saturated carbocycles. The van der Waals surface area contributed by atoms with E-state index in [0.29, 0.717) is 18.9 Å². The maximum Gasteiger partial charge on any atom is 0.221 e. The predicted octanol–water partition coefficient (Wildman–Crippen LogP) is 2.07. The van der Waals surface area contributed by atoms with Crippen LogP contribution in [0.25, 0.3) is 17.0 Å². The van der Waals surface area contributed by atoms with Crippen LogP contribution in [-0.2, 0) is 14.3 Å². The van der Waals surface area contributed by atoms with E-state index in [-0.39, 0.29) is 17.2 Å². The highest BCUT2D eigenvalue weighted by Gasteiger charge is 2.52. The average Bonchev–Trinajstić information content (AvgIpc) is 3.23. The molecule has 112 valence electrons. The molecule has 0 bridgehead atoms. The first kappa shape index (κ1) is 13.6. The number of aromatic nitrogens is 3. The molecule has 4 rings (SSSR count). The molecule has 2 aliphatic rings. The number of ketones is 1. The van der Waals surface area contributed by atoms with E-state index in [9.17, 15) is 4.79 Å². The Balaban J connectivity index is 1.88. The third-order valence-electron chi connectivity index (χ3n) is 3.79. The van der Waals surface area contributed by atoms with Crippen LogP contribution < -0.4 is 0 Å². The third-order valence-corrected chi connectivity index (χ3v) is 4.18. The third kappa shape index (κ3) is 1.92. The molecule has 0 amide bonds. The lowest BCUT2D eigenvalue weighted by atomic mass is 10.1. The molecule has 6 nitrogen and oxygen atoms in total. The number of allylic oxidation sites excluding steroid dienone is 1. The second kappa shape index (κ2) is 5.01. The Hall–Kier alpha value is -2.02. The smallest absolute Gasteiger partial charge is 0.221 e. The second-order valence-corrected chi connectivity index (χ2v) is 5.49. The van der Waals surface area contributed by atoms with Crippen molar-refractivity contribution in [2.24, 2.45) is 0 Å². The van der Waals surface area contributed by atoms with E-state index in [0.717, 1.165) is 11.3 Å². The highest BCUT2D eigenvalue weighted by molar-refractivity contribution is 6.46. The number of rotatable bonds is 2. The van der Waals surface area contributed by atoms with Crippen LogP contribution in [0.3, 0.4) is 0 Å². The zero-order chi connectivity index (χ0) is 15.2. The van der Waals surface area contributed by atoms with Crippen molar-refractivity contribution in [3.05, 3.63) is 41.6 Å². The molecule has 2 heterocycles. The molecule has 1 fully saturated rings. The summed E-state index contributed by atoms with van der Waals surface area (Å²) in [5.74, 6) is -1.36. The van der Waals surface area contributed by atoms with Crippen LogP contribution in [0.2, 0.25) is 0 Å². The topological polar surface area (TPSA) is 66.2 Å². The van der Waals surface area contributed by atoms with E-state index in [2.05, 4.69) is 10.3 Å². The monoisotopic (exact) mass is 317 g/mol. The van der Waals surface area contributed by atoms with Crippen molar-refractivity contribution in [2.45, 2.75) is 12.2 Å². The molecular formula is C15H12ClN3O3. The van der Waals surface area contributed by atoms with Crippen molar-refractivity contribution in [1.29, 1.82) is 0 Å². The zero-order valence-electron chi connectivity index (χ0n) is 11.5. The summed E-state index contributed by atoms with van der Waals surface area (Å²) in [4.78, 5) is 12.1. The van der Waals surface area contributed by atoms with Crippen molar-refractivity contribution in [1.82, 2.24) is 15.0 Å². The molecule has 7 heteroatoms. The molecule has 0 unspecified atom stereocenters. The fourth-order valence-corrected chi connectivity index (χ4v) is 3.12. The average molecular weight is 318 g/mol. The summed E-state index contributed by atoms with van der Waals surface area (Å²) in [6, 6.07) is 9.63. The number of benzene rings is 1. The number of ether oxygens (including phenoxy) is 2. The van der Waals surface area contributed by atoms with Gasteiger partial charge in [0.2, 0.25) is 5.79 Å². The molecule has 0 N–H and O–H groups in total. The van der Waals surface area contributed by atoms with Gasteiger partial charge in [-0.3, -0.25) is 4.79 Å². The Morgan fingerprint density at radius 1 is 1.18 bits per heavy atom. The molecule has 1 spiro atoms. The maximum absolute atomic E-state index is 12.1. The summed E-state index contributed by atoms with van der Waals surface area (Å²) in [6.45, 7) is 0.826. The van der Waals surface area contributed by atoms with Crippen LogP contribution in [0.4, 0.5) is 0 Å². The minimum atomic E-state index is -1.15. The summed E-state index contributed by atoms with van der Waals surface area (Å²) in [5.41, 5.74) is 2.05. The lowest BCUT2D eigenvalue weighted by Gasteiger charge is -2.24. The van der Waals surface area contributed by atoms with Gasteiger partial charge in [0.25, 0.3) is 0 Å². The van der Waals surface area contributed by atoms with E-state index in [1.165, 1.54) is 4.68 Å². The number of halogens is 1. The molecule has 22 heavy (non-hydrogen) atoms. The fraction of sp³-hybridized carbons (Fsp3) is 0.267. The minimum absolute atomic E-state index is 0.0647. The van der Waals surface area contributed by atoms with Gasteiger partial charge in [-0.25, -0.2) is 4.68 Å². The Bertz CT molecular complexity index is 763. The Labute approximate surface area is 131 Å². The molecule has 1 aliphatic heterocycles. The lowest BCUT2D eigenvalue weighted by molar-refractivity contribution is -0.133. The Kier molecular flexibility index (Phi) is 3.11. The van der Waals surface area contributed by atoms with E-state index >= 15 is 0 Å². The van der Waals surface area contributed by atoms with E-state index < -0.39 is 5.79 Å². The van der Waals surface area contributed by atoms with Gasteiger partial charge in [-0.1, -0.05) is 47.1 Å². The van der Waals surface area contributed by atoms with Gasteiger partial charge < -0.3 is 9.47 Å². The van der Waals surface area contributed by atoms with Crippen molar-refractivity contribution in [3.8, 4) is 11.3 Å². The van der Waals surface area contributed by atoms with Crippen LogP contribution in [0.15, 0.2) is 41.6 Å². The van der Waals surface area contributed by atoms with E-state index in [1.807, 2.05) is 30.3 Å². The van der Waals surface area contributed by atoms with E-state index in [4.69, 9.17) is 21.1 Å². The molecule has 1 aromatic heterocycles. The summed E-state index contributed by atoms with van der Waals surface area (Å²) >= 11 is 6.23. The van der Waals surface area contributed by atoms with Gasteiger partial charge in [0.05, 0.1) is 31.5 Å². The van der Waals surface area contributed by atoms with Gasteiger partial charge >= 0.3 is 0 Å². The fourth-order valence-electron chi connectivity index (χ4n) is 2.83. The first-order valence-corrected chi connectivity index (χ1v) is 7.27. The van der Waals surface area contributed by atoms with Gasteiger partial charge in [-0.05, 0) is 0 Å². The lowest BCUT2D eigenvalue weighted by Crippen LogP contribution is -2.32. The minimum Gasteiger partial charge on any atom is -0.342 e. The molecule has 1 aliphatic carbocycles. The maximum atomic E-state index is 12.1. The quantitative estimate of drug-likeness (QED) is 0.848. The standard InChI is InChI=1S/C15H12ClN3O3/c16-13-12(20)8-15(21-6-7-22-15)14(13)19-11(9-17-18-19)10-4-2-1-3-5-10/h1-5,9H,6-8H2. The van der Waals surface area contributed by atoms with Gasteiger partial charge in [-0.15, -0.1) is 5.10 Å².